The van der Waals surface area contributed by atoms with Crippen LogP contribution in [0.25, 0.3) is 0 Å². The lowest BCUT2D eigenvalue weighted by Crippen LogP contribution is -2.38. The van der Waals surface area contributed by atoms with Crippen molar-refractivity contribution in [1.82, 2.24) is 0 Å². The van der Waals surface area contributed by atoms with E-state index in [1.165, 1.54) is 5.56 Å². The van der Waals surface area contributed by atoms with Crippen LogP contribution < -0.4 is 11.1 Å². The van der Waals surface area contributed by atoms with Gasteiger partial charge in [-0.25, -0.2) is 0 Å². The van der Waals surface area contributed by atoms with Crippen LogP contribution in [0.1, 0.15) is 19.4 Å². The number of aliphatic hydroxyl groups is 1. The van der Waals surface area contributed by atoms with E-state index >= 15 is 0 Å². The van der Waals surface area contributed by atoms with Crippen LogP contribution in [0.3, 0.4) is 0 Å². The molecule has 1 aromatic carbocycles. The molecule has 1 aromatic rings. The third kappa shape index (κ3) is 4.54. The quantitative estimate of drug-likeness (QED) is 0.717. The van der Waals surface area contributed by atoms with Gasteiger partial charge in [-0.2, -0.15) is 0 Å². The van der Waals surface area contributed by atoms with Gasteiger partial charge in [0, 0.05) is 5.69 Å². The van der Waals surface area contributed by atoms with Crippen molar-refractivity contribution in [3.05, 3.63) is 29.8 Å². The molecule has 4 N–H and O–H groups in total. The molecule has 0 fully saturated rings. The van der Waals surface area contributed by atoms with E-state index in [9.17, 15) is 4.79 Å². The first-order valence-corrected chi connectivity index (χ1v) is 5.79. The Morgan fingerprint density at radius 3 is 2.41 bits per heavy atom. The molecule has 0 spiro atoms. The molecule has 1 atom stereocenters. The summed E-state index contributed by atoms with van der Waals surface area (Å²) < 4.78 is 0. The fourth-order valence-corrected chi connectivity index (χ4v) is 1.51. The fourth-order valence-electron chi connectivity index (χ4n) is 1.51. The van der Waals surface area contributed by atoms with Crippen molar-refractivity contribution in [2.45, 2.75) is 26.3 Å². The zero-order chi connectivity index (χ0) is 12.8. The summed E-state index contributed by atoms with van der Waals surface area (Å²) in [4.78, 5) is 11.4. The Bertz CT molecular complexity index is 360. The number of anilines is 1. The van der Waals surface area contributed by atoms with Crippen LogP contribution in [0, 0.1) is 5.92 Å². The first-order chi connectivity index (χ1) is 8.02. The van der Waals surface area contributed by atoms with Crippen LogP contribution in [0.5, 0.6) is 0 Å². The molecule has 94 valence electrons. The van der Waals surface area contributed by atoms with Gasteiger partial charge >= 0.3 is 0 Å². The van der Waals surface area contributed by atoms with Gasteiger partial charge < -0.3 is 16.2 Å². The van der Waals surface area contributed by atoms with Gasteiger partial charge in [0.2, 0.25) is 5.91 Å². The molecule has 0 aliphatic carbocycles. The first kappa shape index (κ1) is 13.7. The lowest BCUT2D eigenvalue weighted by molar-refractivity contribution is -0.118. The molecule has 0 aromatic heterocycles. The Morgan fingerprint density at radius 2 is 1.94 bits per heavy atom. The van der Waals surface area contributed by atoms with Crippen LogP contribution in [-0.2, 0) is 11.2 Å². The van der Waals surface area contributed by atoms with Gasteiger partial charge in [0.1, 0.15) is 6.04 Å². The van der Waals surface area contributed by atoms with E-state index in [0.717, 1.165) is 6.42 Å². The number of amides is 1. The molecule has 0 bridgehead atoms. The molecule has 1 amide bonds. The number of carbonyl (C=O) groups is 1. The van der Waals surface area contributed by atoms with E-state index < -0.39 is 6.04 Å². The molecular weight excluding hydrogens is 216 g/mol. The first-order valence-electron chi connectivity index (χ1n) is 5.79. The van der Waals surface area contributed by atoms with Crippen molar-refractivity contribution in [3.63, 3.8) is 0 Å². The highest BCUT2D eigenvalue weighted by Gasteiger charge is 2.11. The molecule has 0 heterocycles. The number of nitrogens with one attached hydrogen (secondary N) is 1. The van der Waals surface area contributed by atoms with Crippen molar-refractivity contribution in [2.75, 3.05) is 11.9 Å². The zero-order valence-electron chi connectivity index (χ0n) is 10.3. The lowest BCUT2D eigenvalue weighted by atomic mass is 10.0. The minimum atomic E-state index is -0.870. The molecule has 0 aliphatic rings. The van der Waals surface area contributed by atoms with Crippen molar-refractivity contribution in [3.8, 4) is 0 Å². The molecule has 1 unspecified atom stereocenters. The summed E-state index contributed by atoms with van der Waals surface area (Å²) in [5, 5.41) is 11.4. The summed E-state index contributed by atoms with van der Waals surface area (Å²) in [6, 6.07) is 6.80. The van der Waals surface area contributed by atoms with Crippen LogP contribution in [-0.4, -0.2) is 23.7 Å². The van der Waals surface area contributed by atoms with E-state index in [4.69, 9.17) is 10.8 Å². The summed E-state index contributed by atoms with van der Waals surface area (Å²) in [5.41, 5.74) is 7.34. The smallest absolute Gasteiger partial charge is 0.243 e. The molecule has 4 heteroatoms. The maximum atomic E-state index is 11.4. The second-order valence-corrected chi connectivity index (χ2v) is 4.57. The number of benzene rings is 1. The minimum absolute atomic E-state index is 0.350. The van der Waals surface area contributed by atoms with Crippen LogP contribution in [0.2, 0.25) is 0 Å². The maximum Gasteiger partial charge on any atom is 0.243 e. The van der Waals surface area contributed by atoms with E-state index in [1.807, 2.05) is 24.3 Å². The number of hydrogen-bond acceptors (Lipinski definition) is 3. The maximum absolute atomic E-state index is 11.4. The van der Waals surface area contributed by atoms with E-state index in [-0.39, 0.29) is 12.5 Å². The molecule has 4 nitrogen and oxygen atoms in total. The molecule has 0 radical (unpaired) electrons. The SMILES string of the molecule is CC(C)Cc1ccc(NC(=O)C(N)CO)cc1. The molecular formula is C13H20N2O2. The Kier molecular flexibility index (Phi) is 5.12. The van der Waals surface area contributed by atoms with Crippen LogP contribution in [0.15, 0.2) is 24.3 Å². The van der Waals surface area contributed by atoms with Gasteiger partial charge in [0.05, 0.1) is 6.61 Å². The Labute approximate surface area is 102 Å². The van der Waals surface area contributed by atoms with Crippen LogP contribution in [0.4, 0.5) is 5.69 Å². The van der Waals surface area contributed by atoms with Gasteiger partial charge in [0.25, 0.3) is 0 Å². The predicted molar refractivity (Wildman–Crippen MR) is 68.7 cm³/mol. The average molecular weight is 236 g/mol. The third-order valence-electron chi connectivity index (χ3n) is 2.40. The Hall–Kier alpha value is -1.39. The zero-order valence-corrected chi connectivity index (χ0v) is 10.3. The number of rotatable bonds is 5. The van der Waals surface area contributed by atoms with Gasteiger partial charge in [0.15, 0.2) is 0 Å². The number of carbonyl (C=O) groups excluding carboxylic acids is 1. The van der Waals surface area contributed by atoms with Crippen molar-refractivity contribution in [2.24, 2.45) is 11.7 Å². The number of nitrogens with two attached hydrogens (primary N) is 1. The van der Waals surface area contributed by atoms with Crippen molar-refractivity contribution < 1.29 is 9.90 Å². The summed E-state index contributed by atoms with van der Waals surface area (Å²) >= 11 is 0. The normalized spacial score (nSPS) is 12.5. The van der Waals surface area contributed by atoms with Crippen LogP contribution >= 0.6 is 0 Å². The molecule has 0 saturated heterocycles. The van der Waals surface area contributed by atoms with Gasteiger partial charge in [-0.15, -0.1) is 0 Å². The predicted octanol–water partition coefficient (Wildman–Crippen LogP) is 1.14. The highest BCUT2D eigenvalue weighted by atomic mass is 16.3. The van der Waals surface area contributed by atoms with Gasteiger partial charge in [-0.05, 0) is 30.0 Å². The van der Waals surface area contributed by atoms with Crippen molar-refractivity contribution in [1.29, 1.82) is 0 Å². The summed E-state index contributed by atoms with van der Waals surface area (Å²) in [6.07, 6.45) is 1.02. The summed E-state index contributed by atoms with van der Waals surface area (Å²) in [7, 11) is 0. The second kappa shape index (κ2) is 6.37. The van der Waals surface area contributed by atoms with Crippen molar-refractivity contribution >= 4 is 11.6 Å². The van der Waals surface area contributed by atoms with Gasteiger partial charge in [-0.1, -0.05) is 26.0 Å². The Morgan fingerprint density at radius 1 is 1.35 bits per heavy atom. The molecule has 0 aliphatic heterocycles. The number of hydrogen-bond donors (Lipinski definition) is 3. The average Bonchev–Trinajstić information content (AvgIpc) is 2.30. The third-order valence-corrected chi connectivity index (χ3v) is 2.40. The second-order valence-electron chi connectivity index (χ2n) is 4.57. The topological polar surface area (TPSA) is 75.4 Å². The molecule has 0 saturated carbocycles. The van der Waals surface area contributed by atoms with E-state index in [1.54, 1.807) is 0 Å². The molecule has 17 heavy (non-hydrogen) atoms. The standard InChI is InChI=1S/C13H20N2O2/c1-9(2)7-10-3-5-11(6-4-10)15-13(17)12(14)8-16/h3-6,9,12,16H,7-8,14H2,1-2H3,(H,15,17). The highest BCUT2D eigenvalue weighted by molar-refractivity contribution is 5.94. The lowest BCUT2D eigenvalue weighted by Gasteiger charge is -2.10. The van der Waals surface area contributed by atoms with E-state index in [0.29, 0.717) is 11.6 Å². The van der Waals surface area contributed by atoms with E-state index in [2.05, 4.69) is 19.2 Å². The fraction of sp³-hybridized carbons (Fsp3) is 0.462. The Balaban J connectivity index is 2.59. The summed E-state index contributed by atoms with van der Waals surface area (Å²) in [6.45, 7) is 3.98. The van der Waals surface area contributed by atoms with Gasteiger partial charge in [-0.3, -0.25) is 4.79 Å². The monoisotopic (exact) mass is 236 g/mol. The number of aliphatic hydroxyl groups excluding tert-OH is 1. The highest BCUT2D eigenvalue weighted by Crippen LogP contribution is 2.13. The largest absolute Gasteiger partial charge is 0.394 e. The summed E-state index contributed by atoms with van der Waals surface area (Å²) in [5.74, 6) is 0.238. The molecule has 1 rings (SSSR count). The minimum Gasteiger partial charge on any atom is -0.394 e.